The van der Waals surface area contributed by atoms with Crippen LogP contribution in [0.15, 0.2) is 34.9 Å². The average molecular weight is 457 g/mol. The smallest absolute Gasteiger partial charge is 0.290 e. The average Bonchev–Trinajstić information content (AvgIpc) is 3.48. The molecule has 0 spiro atoms. The molecule has 2 fully saturated rings. The maximum absolute atomic E-state index is 12.9. The number of likely N-dealkylation sites (N-methyl/N-ethyl adjacent to an activating group) is 1. The van der Waals surface area contributed by atoms with Crippen LogP contribution in [0, 0.1) is 12.8 Å². The molecule has 1 aromatic heterocycles. The second-order valence-electron chi connectivity index (χ2n) is 8.65. The molecule has 2 amide bonds. The Morgan fingerprint density at radius 2 is 1.79 bits per heavy atom. The Bertz CT molecular complexity index is 942. The Hall–Kier alpha value is -3.20. The number of nitrogens with zero attached hydrogens (tertiary/aromatic N) is 2. The van der Waals surface area contributed by atoms with E-state index >= 15 is 0 Å². The fraction of sp³-hybridized carbons (Fsp3) is 0.500. The number of nitrogens with one attached hydrogen (secondary N) is 2. The second-order valence-corrected chi connectivity index (χ2v) is 8.65. The van der Waals surface area contributed by atoms with E-state index in [-0.39, 0.29) is 30.4 Å². The predicted octanol–water partition coefficient (Wildman–Crippen LogP) is 2.46. The summed E-state index contributed by atoms with van der Waals surface area (Å²) in [6.45, 7) is 2.86. The third-order valence-corrected chi connectivity index (χ3v) is 6.33. The van der Waals surface area contributed by atoms with Gasteiger partial charge in [-0.05, 0) is 45.6 Å². The number of likely N-dealkylation sites (tertiary alicyclic amines) is 1. The molecule has 33 heavy (non-hydrogen) atoms. The van der Waals surface area contributed by atoms with Crippen molar-refractivity contribution < 1.29 is 24.0 Å². The van der Waals surface area contributed by atoms with Gasteiger partial charge in [0, 0.05) is 37.2 Å². The Kier molecular flexibility index (Phi) is 8.59. The minimum atomic E-state index is -0.250. The van der Waals surface area contributed by atoms with Crippen molar-refractivity contribution in [2.45, 2.75) is 51.1 Å². The van der Waals surface area contributed by atoms with Crippen molar-refractivity contribution in [3.05, 3.63) is 41.7 Å². The molecule has 1 aliphatic carbocycles. The Morgan fingerprint density at radius 1 is 1.12 bits per heavy atom. The number of carbonyl (C=O) groups is 3. The molecular formula is C24H32N4O5. The topological polar surface area (TPSA) is 125 Å². The number of hydrogen-bond acceptors (Lipinski definition) is 6. The van der Waals surface area contributed by atoms with E-state index in [1.54, 1.807) is 6.92 Å². The maximum Gasteiger partial charge on any atom is 0.290 e. The first-order valence-electron chi connectivity index (χ1n) is 11.3. The molecule has 1 aromatic carbocycles. The molecule has 0 radical (unpaired) electrons. The van der Waals surface area contributed by atoms with Crippen molar-refractivity contribution in [2.24, 2.45) is 5.92 Å². The van der Waals surface area contributed by atoms with Gasteiger partial charge in [-0.2, -0.15) is 0 Å². The van der Waals surface area contributed by atoms with Gasteiger partial charge in [0.1, 0.15) is 17.0 Å². The van der Waals surface area contributed by atoms with E-state index in [0.717, 1.165) is 24.9 Å². The fourth-order valence-corrected chi connectivity index (χ4v) is 4.18. The first-order chi connectivity index (χ1) is 15.9. The zero-order chi connectivity index (χ0) is 23.8. The highest BCUT2D eigenvalue weighted by Crippen LogP contribution is 2.28. The van der Waals surface area contributed by atoms with E-state index in [2.05, 4.69) is 20.7 Å². The highest BCUT2D eigenvalue weighted by molar-refractivity contribution is 6.00. The Labute approximate surface area is 193 Å². The van der Waals surface area contributed by atoms with Crippen molar-refractivity contribution in [1.29, 1.82) is 0 Å². The second kappa shape index (κ2) is 11.6. The molecule has 2 heterocycles. The van der Waals surface area contributed by atoms with E-state index in [0.29, 0.717) is 35.9 Å². The van der Waals surface area contributed by atoms with E-state index < -0.39 is 0 Å². The number of rotatable bonds is 8. The minimum Gasteiger partial charge on any atom is -0.483 e. The summed E-state index contributed by atoms with van der Waals surface area (Å²) in [5.41, 5.74) is 1.91. The zero-order valence-corrected chi connectivity index (χ0v) is 19.1. The summed E-state index contributed by atoms with van der Waals surface area (Å²) in [6, 6.07) is 10.0. The van der Waals surface area contributed by atoms with Crippen LogP contribution in [0.25, 0.3) is 11.3 Å². The van der Waals surface area contributed by atoms with Gasteiger partial charge < -0.3 is 20.3 Å². The van der Waals surface area contributed by atoms with Gasteiger partial charge >= 0.3 is 0 Å². The Balaban J connectivity index is 0.000000968. The molecule has 2 aromatic rings. The summed E-state index contributed by atoms with van der Waals surface area (Å²) in [7, 11) is 2.04. The van der Waals surface area contributed by atoms with Gasteiger partial charge in [0.05, 0.1) is 0 Å². The summed E-state index contributed by atoms with van der Waals surface area (Å²) in [5, 5.41) is 17.1. The van der Waals surface area contributed by atoms with Crippen LogP contribution in [0.4, 0.5) is 0 Å². The van der Waals surface area contributed by atoms with Gasteiger partial charge in [-0.3, -0.25) is 19.3 Å². The monoisotopic (exact) mass is 456 g/mol. The van der Waals surface area contributed by atoms with Crippen molar-refractivity contribution >= 4 is 18.3 Å². The summed E-state index contributed by atoms with van der Waals surface area (Å²) < 4.78 is 5.30. The van der Waals surface area contributed by atoms with Crippen LogP contribution in [0.2, 0.25) is 0 Å². The third-order valence-electron chi connectivity index (χ3n) is 6.33. The highest BCUT2D eigenvalue weighted by atomic mass is 16.5. The quantitative estimate of drug-likeness (QED) is 0.521. The van der Waals surface area contributed by atoms with Crippen LogP contribution in [0.5, 0.6) is 0 Å². The lowest BCUT2D eigenvalue weighted by molar-refractivity contribution is -0.123. The number of benzene rings is 1. The number of aryl methyl sites for hydroxylation is 1. The van der Waals surface area contributed by atoms with Crippen LogP contribution in [-0.4, -0.2) is 65.7 Å². The molecule has 2 aliphatic rings. The van der Waals surface area contributed by atoms with E-state index in [4.69, 9.17) is 14.4 Å². The third kappa shape index (κ3) is 6.64. The van der Waals surface area contributed by atoms with Crippen LogP contribution in [0.1, 0.15) is 48.2 Å². The van der Waals surface area contributed by atoms with E-state index in [1.165, 1.54) is 12.8 Å². The summed E-state index contributed by atoms with van der Waals surface area (Å²) in [5.74, 6) is 1.17. The van der Waals surface area contributed by atoms with Crippen LogP contribution in [0.3, 0.4) is 0 Å². The van der Waals surface area contributed by atoms with Crippen molar-refractivity contribution in [2.75, 3.05) is 20.1 Å². The first-order valence-corrected chi connectivity index (χ1v) is 11.3. The van der Waals surface area contributed by atoms with E-state index in [1.807, 2.05) is 37.4 Å². The normalized spacial score (nSPS) is 19.9. The standard InChI is InChI=1S/C23H30N4O3.CH2O2/c1-15-21(22(26-30-15)17-6-4-3-5-7-17)23(29)25-14-19-11-10-18(27(19)2)12-20(28)24-13-16-8-9-16;2-1-3/h3-7,16,18-19H,8-14H2,1-2H3,(H,24,28)(H,25,29);1H,(H,2,3)/t18-,19+;/m1./s1. The maximum atomic E-state index is 12.9. The molecular weight excluding hydrogens is 424 g/mol. The molecule has 1 saturated carbocycles. The predicted molar refractivity (Wildman–Crippen MR) is 123 cm³/mol. The zero-order valence-electron chi connectivity index (χ0n) is 19.1. The minimum absolute atomic E-state index is 0.135. The van der Waals surface area contributed by atoms with Gasteiger partial charge in [-0.1, -0.05) is 35.5 Å². The molecule has 4 rings (SSSR count). The number of amides is 2. The van der Waals surface area contributed by atoms with Crippen molar-refractivity contribution in [3.63, 3.8) is 0 Å². The molecule has 0 unspecified atom stereocenters. The summed E-state index contributed by atoms with van der Waals surface area (Å²) in [6.07, 6.45) is 4.93. The van der Waals surface area contributed by atoms with Gasteiger partial charge in [0.25, 0.3) is 12.4 Å². The molecule has 1 aliphatic heterocycles. The van der Waals surface area contributed by atoms with E-state index in [9.17, 15) is 9.59 Å². The van der Waals surface area contributed by atoms with Gasteiger partial charge in [0.2, 0.25) is 5.91 Å². The molecule has 2 atom stereocenters. The van der Waals surface area contributed by atoms with Gasteiger partial charge in [0.15, 0.2) is 0 Å². The molecule has 1 saturated heterocycles. The fourth-order valence-electron chi connectivity index (χ4n) is 4.18. The number of carboxylic acid groups (broad SMARTS) is 1. The number of hydrogen-bond donors (Lipinski definition) is 3. The lowest BCUT2D eigenvalue weighted by Gasteiger charge is -2.25. The number of carbonyl (C=O) groups excluding carboxylic acids is 2. The molecule has 9 heteroatoms. The highest BCUT2D eigenvalue weighted by Gasteiger charge is 2.33. The van der Waals surface area contributed by atoms with Crippen molar-refractivity contribution in [1.82, 2.24) is 20.7 Å². The van der Waals surface area contributed by atoms with Crippen LogP contribution < -0.4 is 10.6 Å². The van der Waals surface area contributed by atoms with Gasteiger partial charge in [-0.15, -0.1) is 0 Å². The summed E-state index contributed by atoms with van der Waals surface area (Å²) in [4.78, 5) is 35.7. The lowest BCUT2D eigenvalue weighted by atomic mass is 10.1. The van der Waals surface area contributed by atoms with Crippen LogP contribution in [-0.2, 0) is 9.59 Å². The largest absolute Gasteiger partial charge is 0.483 e. The first kappa shape index (κ1) is 24.4. The number of aromatic nitrogens is 1. The molecule has 9 nitrogen and oxygen atoms in total. The Morgan fingerprint density at radius 3 is 2.45 bits per heavy atom. The summed E-state index contributed by atoms with van der Waals surface area (Å²) >= 11 is 0. The SMILES string of the molecule is Cc1onc(-c2ccccc2)c1C(=O)NC[C@@H]1CC[C@H](CC(=O)NCC2CC2)N1C.O=CO. The molecule has 0 bridgehead atoms. The van der Waals surface area contributed by atoms with Gasteiger partial charge in [-0.25, -0.2) is 0 Å². The molecule has 178 valence electrons. The molecule has 3 N–H and O–H groups in total. The van der Waals surface area contributed by atoms with Crippen molar-refractivity contribution in [3.8, 4) is 11.3 Å². The lowest BCUT2D eigenvalue weighted by Crippen LogP contribution is -2.42. The van der Waals surface area contributed by atoms with Crippen LogP contribution >= 0.6 is 0 Å².